The molecule has 0 heterocycles. The molecule has 0 aliphatic rings. The summed E-state index contributed by atoms with van der Waals surface area (Å²) in [7, 11) is -4.16. The molecule has 0 fully saturated rings. The molecule has 40 heavy (non-hydrogen) atoms. The van der Waals surface area contributed by atoms with Crippen LogP contribution in [-0.2, 0) is 26.0 Å². The normalized spacial score (nSPS) is 12.8. The van der Waals surface area contributed by atoms with Crippen LogP contribution in [0.1, 0.15) is 44.7 Å². The maximum Gasteiger partial charge on any atom is 0.264 e. The number of aryl methyl sites for hydroxylation is 1. The average molecular weight is 584 g/mol. The number of para-hydroxylation sites is 1. The molecule has 2 amide bonds. The van der Waals surface area contributed by atoms with Gasteiger partial charge in [0.05, 0.1) is 15.6 Å². The first-order chi connectivity index (χ1) is 19.1. The Balaban J connectivity index is 2.02. The fraction of sp³-hybridized carbons (Fsp3) is 0.355. The highest BCUT2D eigenvalue weighted by Crippen LogP contribution is 2.30. The number of amides is 2. The predicted octanol–water partition coefficient (Wildman–Crippen LogP) is 5.61. The second kappa shape index (κ2) is 14.3. The number of hydrogen-bond donors (Lipinski definition) is 1. The van der Waals surface area contributed by atoms with Gasteiger partial charge in [-0.3, -0.25) is 13.9 Å². The molecule has 3 aromatic carbocycles. The van der Waals surface area contributed by atoms with Crippen LogP contribution >= 0.6 is 11.6 Å². The lowest BCUT2D eigenvalue weighted by Gasteiger charge is -2.34. The van der Waals surface area contributed by atoms with Gasteiger partial charge in [0.15, 0.2) is 0 Å². The van der Waals surface area contributed by atoms with Crippen molar-refractivity contribution < 1.29 is 18.0 Å². The van der Waals surface area contributed by atoms with Crippen LogP contribution in [0.2, 0.25) is 5.02 Å². The number of benzene rings is 3. The fourth-order valence-electron chi connectivity index (χ4n) is 4.34. The summed E-state index contributed by atoms with van der Waals surface area (Å²) in [5.74, 6) is -0.748. The summed E-state index contributed by atoms with van der Waals surface area (Å²) in [5, 5.41) is 3.18. The zero-order chi connectivity index (χ0) is 29.3. The lowest BCUT2D eigenvalue weighted by molar-refractivity contribution is -0.139. The van der Waals surface area contributed by atoms with Crippen LogP contribution in [0.3, 0.4) is 0 Å². The molecule has 7 nitrogen and oxygen atoms in total. The zero-order valence-corrected chi connectivity index (χ0v) is 25.1. The van der Waals surface area contributed by atoms with Gasteiger partial charge in [-0.1, -0.05) is 85.6 Å². The topological polar surface area (TPSA) is 86.8 Å². The number of nitrogens with one attached hydrogen (secondary N) is 1. The van der Waals surface area contributed by atoms with Gasteiger partial charge in [-0.15, -0.1) is 0 Å². The summed E-state index contributed by atoms with van der Waals surface area (Å²) in [6.45, 7) is 7.33. The van der Waals surface area contributed by atoms with Crippen molar-refractivity contribution in [2.24, 2.45) is 0 Å². The largest absolute Gasteiger partial charge is 0.352 e. The minimum absolute atomic E-state index is 0.0446. The molecule has 0 radical (unpaired) electrons. The van der Waals surface area contributed by atoms with Crippen molar-refractivity contribution in [3.63, 3.8) is 0 Å². The van der Waals surface area contributed by atoms with Crippen LogP contribution in [0.4, 0.5) is 5.69 Å². The van der Waals surface area contributed by atoms with E-state index in [1.54, 1.807) is 36.4 Å². The third-order valence-corrected chi connectivity index (χ3v) is 8.97. The Morgan fingerprint density at radius 1 is 0.900 bits per heavy atom. The maximum absolute atomic E-state index is 14.0. The van der Waals surface area contributed by atoms with Crippen LogP contribution in [0.25, 0.3) is 0 Å². The van der Waals surface area contributed by atoms with E-state index in [1.165, 1.54) is 17.0 Å². The number of hydrogen-bond acceptors (Lipinski definition) is 4. The molecule has 0 aromatic heterocycles. The number of anilines is 1. The summed E-state index contributed by atoms with van der Waals surface area (Å²) >= 11 is 6.46. The Bertz CT molecular complexity index is 1380. The SMILES string of the molecule is CC[C@H](C)NC(=O)[C@H](CC)N(CCc1ccccc1)C(=O)CN(c1ccccc1Cl)S(=O)(=O)c1ccc(C)cc1. The molecule has 3 aromatic rings. The first-order valence-electron chi connectivity index (χ1n) is 13.6. The first kappa shape index (κ1) is 31.2. The molecular weight excluding hydrogens is 546 g/mol. The van der Waals surface area contributed by atoms with E-state index in [4.69, 9.17) is 11.6 Å². The molecule has 2 atom stereocenters. The van der Waals surface area contributed by atoms with E-state index >= 15 is 0 Å². The van der Waals surface area contributed by atoms with E-state index in [2.05, 4.69) is 5.32 Å². The summed E-state index contributed by atoms with van der Waals surface area (Å²) in [6.07, 6.45) is 1.63. The molecule has 214 valence electrons. The van der Waals surface area contributed by atoms with Crippen LogP contribution in [0.15, 0.2) is 83.8 Å². The van der Waals surface area contributed by atoms with Gasteiger partial charge >= 0.3 is 0 Å². The summed E-state index contributed by atoms with van der Waals surface area (Å²) in [6, 6.07) is 21.8. The number of halogens is 1. The first-order valence-corrected chi connectivity index (χ1v) is 15.4. The molecule has 0 unspecified atom stereocenters. The van der Waals surface area contributed by atoms with Crippen molar-refractivity contribution in [3.8, 4) is 0 Å². The molecule has 0 saturated carbocycles. The summed E-state index contributed by atoms with van der Waals surface area (Å²) in [4.78, 5) is 28.9. The quantitative estimate of drug-likeness (QED) is 0.283. The molecule has 9 heteroatoms. The van der Waals surface area contributed by atoms with Gasteiger partial charge in [0.2, 0.25) is 11.8 Å². The number of carbonyl (C=O) groups is 2. The summed E-state index contributed by atoms with van der Waals surface area (Å²) < 4.78 is 28.9. The second-order valence-electron chi connectivity index (χ2n) is 9.84. The van der Waals surface area contributed by atoms with Gasteiger partial charge in [0.1, 0.15) is 12.6 Å². The molecule has 1 N–H and O–H groups in total. The molecule has 0 saturated heterocycles. The van der Waals surface area contributed by atoms with E-state index in [0.29, 0.717) is 12.8 Å². The van der Waals surface area contributed by atoms with Gasteiger partial charge < -0.3 is 10.2 Å². The van der Waals surface area contributed by atoms with E-state index < -0.39 is 28.5 Å². The monoisotopic (exact) mass is 583 g/mol. The Labute approximate surface area is 243 Å². The van der Waals surface area contributed by atoms with Gasteiger partial charge in [0, 0.05) is 12.6 Å². The molecule has 0 aliphatic heterocycles. The highest BCUT2D eigenvalue weighted by Gasteiger charge is 2.34. The van der Waals surface area contributed by atoms with Crippen molar-refractivity contribution in [1.82, 2.24) is 10.2 Å². The number of sulfonamides is 1. The minimum Gasteiger partial charge on any atom is -0.352 e. The minimum atomic E-state index is -4.16. The molecule has 0 spiro atoms. The Kier molecular flexibility index (Phi) is 11.2. The standard InChI is InChI=1S/C31H38ClN3O4S/c1-5-24(4)33-31(37)28(6-2)34(21-20-25-12-8-7-9-13-25)30(36)22-35(29-15-11-10-14-27(29)32)40(38,39)26-18-16-23(3)17-19-26/h7-19,24,28H,5-6,20-22H2,1-4H3,(H,33,37)/t24-,28-/m0/s1. The third-order valence-electron chi connectivity index (χ3n) is 6.88. The second-order valence-corrected chi connectivity index (χ2v) is 12.1. The Morgan fingerprint density at radius 3 is 2.12 bits per heavy atom. The van der Waals surface area contributed by atoms with Crippen molar-refractivity contribution in [2.45, 2.75) is 63.9 Å². The lowest BCUT2D eigenvalue weighted by atomic mass is 10.1. The summed E-state index contributed by atoms with van der Waals surface area (Å²) in [5.41, 5.74) is 2.11. The molecule has 0 aliphatic carbocycles. The highest BCUT2D eigenvalue weighted by molar-refractivity contribution is 7.92. The number of rotatable bonds is 13. The van der Waals surface area contributed by atoms with Crippen molar-refractivity contribution in [2.75, 3.05) is 17.4 Å². The molecule has 0 bridgehead atoms. The van der Waals surface area contributed by atoms with E-state index in [1.807, 2.05) is 58.0 Å². The Hall–Kier alpha value is -3.36. The fourth-order valence-corrected chi connectivity index (χ4v) is 6.06. The van der Waals surface area contributed by atoms with Gasteiger partial charge in [0.25, 0.3) is 10.0 Å². The highest BCUT2D eigenvalue weighted by atomic mass is 35.5. The lowest BCUT2D eigenvalue weighted by Crippen LogP contribution is -2.54. The van der Waals surface area contributed by atoms with E-state index in [-0.39, 0.29) is 34.1 Å². The van der Waals surface area contributed by atoms with Crippen LogP contribution in [0, 0.1) is 6.92 Å². The van der Waals surface area contributed by atoms with Crippen LogP contribution < -0.4 is 9.62 Å². The maximum atomic E-state index is 14.0. The predicted molar refractivity (Wildman–Crippen MR) is 161 cm³/mol. The third kappa shape index (κ3) is 7.86. The Morgan fingerprint density at radius 2 is 1.52 bits per heavy atom. The van der Waals surface area contributed by atoms with Gasteiger partial charge in [-0.25, -0.2) is 8.42 Å². The van der Waals surface area contributed by atoms with Crippen molar-refractivity contribution in [1.29, 1.82) is 0 Å². The van der Waals surface area contributed by atoms with Gasteiger partial charge in [-0.2, -0.15) is 0 Å². The van der Waals surface area contributed by atoms with Crippen molar-refractivity contribution >= 4 is 39.1 Å². The van der Waals surface area contributed by atoms with Crippen LogP contribution in [0.5, 0.6) is 0 Å². The van der Waals surface area contributed by atoms with E-state index in [0.717, 1.165) is 21.9 Å². The van der Waals surface area contributed by atoms with E-state index in [9.17, 15) is 18.0 Å². The van der Waals surface area contributed by atoms with Gasteiger partial charge in [-0.05, 0) is 62.9 Å². The van der Waals surface area contributed by atoms with Crippen LogP contribution in [-0.4, -0.2) is 50.3 Å². The average Bonchev–Trinajstić information content (AvgIpc) is 2.94. The number of carbonyl (C=O) groups excluding carboxylic acids is 2. The van der Waals surface area contributed by atoms with Crippen molar-refractivity contribution in [3.05, 3.63) is 95.0 Å². The zero-order valence-electron chi connectivity index (χ0n) is 23.5. The smallest absolute Gasteiger partial charge is 0.264 e. The number of nitrogens with zero attached hydrogens (tertiary/aromatic N) is 2. The molecular formula is C31H38ClN3O4S. The molecule has 3 rings (SSSR count).